The number of aromatic nitrogens is 1. The highest BCUT2D eigenvalue weighted by atomic mass is 19.1. The first-order valence-corrected chi connectivity index (χ1v) is 6.82. The molecule has 0 atom stereocenters. The van der Waals surface area contributed by atoms with E-state index in [-0.39, 0.29) is 24.8 Å². The Morgan fingerprint density at radius 1 is 1.23 bits per heavy atom. The lowest BCUT2D eigenvalue weighted by molar-refractivity contribution is -0.120. The van der Waals surface area contributed by atoms with Gasteiger partial charge in [0.25, 0.3) is 0 Å². The van der Waals surface area contributed by atoms with Crippen LogP contribution in [-0.4, -0.2) is 24.2 Å². The predicted octanol–water partition coefficient (Wildman–Crippen LogP) is 2.43. The van der Waals surface area contributed by atoms with Gasteiger partial charge in [-0.3, -0.25) is 4.79 Å². The van der Waals surface area contributed by atoms with E-state index in [1.165, 1.54) is 18.3 Å². The molecular weight excluding hydrogens is 290 g/mol. The number of pyridine rings is 1. The molecule has 1 heterocycles. The molecule has 1 N–H and O–H groups in total. The quantitative estimate of drug-likeness (QED) is 0.855. The molecule has 22 heavy (non-hydrogen) atoms. The fourth-order valence-electron chi connectivity index (χ4n) is 1.88. The third-order valence-electron chi connectivity index (χ3n) is 2.87. The number of nitrogens with one attached hydrogen (secondary N) is 1. The van der Waals surface area contributed by atoms with E-state index in [1.807, 2.05) is 0 Å². The fourth-order valence-corrected chi connectivity index (χ4v) is 1.88. The molecule has 0 fully saturated rings. The molecule has 6 heteroatoms. The Bertz CT molecular complexity index is 635. The van der Waals surface area contributed by atoms with Crippen molar-refractivity contribution in [2.75, 3.05) is 13.3 Å². The maximum Gasteiger partial charge on any atom is 0.224 e. The first-order valence-electron chi connectivity index (χ1n) is 6.82. The summed E-state index contributed by atoms with van der Waals surface area (Å²) >= 11 is 0. The molecule has 1 amide bonds. The summed E-state index contributed by atoms with van der Waals surface area (Å²) in [5.74, 6) is -0.266. The van der Waals surface area contributed by atoms with Crippen molar-refractivity contribution in [2.45, 2.75) is 13.0 Å². The van der Waals surface area contributed by atoms with Crippen molar-refractivity contribution in [3.63, 3.8) is 0 Å². The van der Waals surface area contributed by atoms with E-state index in [0.717, 1.165) is 5.56 Å². The van der Waals surface area contributed by atoms with E-state index in [9.17, 15) is 13.6 Å². The molecule has 0 unspecified atom stereocenters. The maximum atomic E-state index is 13.0. The minimum Gasteiger partial charge on any atom is -0.475 e. The third kappa shape index (κ3) is 5.12. The molecule has 116 valence electrons. The maximum absolute atomic E-state index is 13.0. The summed E-state index contributed by atoms with van der Waals surface area (Å²) in [5.41, 5.74) is 1.40. The molecule has 0 aliphatic heterocycles. The van der Waals surface area contributed by atoms with Crippen LogP contribution in [0.25, 0.3) is 0 Å². The Balaban J connectivity index is 1.85. The highest BCUT2D eigenvalue weighted by Crippen LogP contribution is 2.09. The molecule has 0 radical (unpaired) electrons. The van der Waals surface area contributed by atoms with E-state index >= 15 is 0 Å². The van der Waals surface area contributed by atoms with Crippen molar-refractivity contribution in [2.24, 2.45) is 0 Å². The normalized spacial score (nSPS) is 10.3. The van der Waals surface area contributed by atoms with Gasteiger partial charge in [-0.05, 0) is 29.3 Å². The zero-order valence-corrected chi connectivity index (χ0v) is 11.9. The van der Waals surface area contributed by atoms with Crippen LogP contribution < -0.4 is 10.1 Å². The second kappa shape index (κ2) is 8.07. The van der Waals surface area contributed by atoms with Crippen molar-refractivity contribution in [3.8, 4) is 5.88 Å². The molecule has 1 aromatic heterocycles. The van der Waals surface area contributed by atoms with Crippen LogP contribution in [0, 0.1) is 5.82 Å². The van der Waals surface area contributed by atoms with Crippen LogP contribution in [0.3, 0.4) is 0 Å². The van der Waals surface area contributed by atoms with E-state index in [1.54, 1.807) is 24.3 Å². The monoisotopic (exact) mass is 306 g/mol. The third-order valence-corrected chi connectivity index (χ3v) is 2.87. The molecule has 0 saturated carbocycles. The molecule has 0 saturated heterocycles. The number of carbonyl (C=O) groups excluding carboxylic acids is 1. The lowest BCUT2D eigenvalue weighted by atomic mass is 10.1. The average molecular weight is 306 g/mol. The van der Waals surface area contributed by atoms with Gasteiger partial charge < -0.3 is 10.1 Å². The number of hydrogen-bond donors (Lipinski definition) is 1. The van der Waals surface area contributed by atoms with Gasteiger partial charge in [-0.1, -0.05) is 12.1 Å². The standard InChI is InChI=1S/C16H16F2N2O2/c17-5-7-22-16-10-13(4-6-19-16)11-20-15(21)9-12-2-1-3-14(18)8-12/h1-4,6,8,10H,5,7,9,11H2,(H,20,21). The molecule has 0 bridgehead atoms. The Morgan fingerprint density at radius 2 is 2.09 bits per heavy atom. The summed E-state index contributed by atoms with van der Waals surface area (Å²) in [6.45, 7) is -0.346. The van der Waals surface area contributed by atoms with Gasteiger partial charge in [0.2, 0.25) is 11.8 Å². The number of rotatable bonds is 7. The number of carbonyl (C=O) groups is 1. The van der Waals surface area contributed by atoms with Crippen LogP contribution in [0.15, 0.2) is 42.6 Å². The summed E-state index contributed by atoms with van der Waals surface area (Å²) < 4.78 is 30.1. The number of halogens is 2. The SMILES string of the molecule is O=C(Cc1cccc(F)c1)NCc1ccnc(OCCF)c1. The predicted molar refractivity (Wildman–Crippen MR) is 77.7 cm³/mol. The Kier molecular flexibility index (Phi) is 5.82. The van der Waals surface area contributed by atoms with E-state index < -0.39 is 6.67 Å². The first-order chi connectivity index (χ1) is 10.7. The van der Waals surface area contributed by atoms with Gasteiger partial charge in [0.15, 0.2) is 0 Å². The molecule has 4 nitrogen and oxygen atoms in total. The van der Waals surface area contributed by atoms with Gasteiger partial charge in [-0.25, -0.2) is 13.8 Å². The molecule has 0 spiro atoms. The number of alkyl halides is 1. The van der Waals surface area contributed by atoms with Gasteiger partial charge in [-0.2, -0.15) is 0 Å². The molecular formula is C16H16F2N2O2. The van der Waals surface area contributed by atoms with Crippen LogP contribution in [0.4, 0.5) is 8.78 Å². The summed E-state index contributed by atoms with van der Waals surface area (Å²) in [7, 11) is 0. The largest absolute Gasteiger partial charge is 0.475 e. The van der Waals surface area contributed by atoms with E-state index in [2.05, 4.69) is 10.3 Å². The van der Waals surface area contributed by atoms with Crippen molar-refractivity contribution in [1.82, 2.24) is 10.3 Å². The fraction of sp³-hybridized carbons (Fsp3) is 0.250. The zero-order valence-electron chi connectivity index (χ0n) is 11.9. The second-order valence-corrected chi connectivity index (χ2v) is 4.62. The molecule has 2 aromatic rings. The zero-order chi connectivity index (χ0) is 15.8. The smallest absolute Gasteiger partial charge is 0.224 e. The number of benzene rings is 1. The van der Waals surface area contributed by atoms with Crippen molar-refractivity contribution in [3.05, 3.63) is 59.5 Å². The first kappa shape index (κ1) is 15.9. The summed E-state index contributed by atoms with van der Waals surface area (Å²) in [4.78, 5) is 15.8. The van der Waals surface area contributed by atoms with Gasteiger partial charge in [0.1, 0.15) is 19.1 Å². The van der Waals surface area contributed by atoms with Crippen molar-refractivity contribution in [1.29, 1.82) is 0 Å². The number of ether oxygens (including phenoxy) is 1. The van der Waals surface area contributed by atoms with Gasteiger partial charge in [-0.15, -0.1) is 0 Å². The highest BCUT2D eigenvalue weighted by molar-refractivity contribution is 5.78. The van der Waals surface area contributed by atoms with Crippen LogP contribution in [-0.2, 0) is 17.8 Å². The Hall–Kier alpha value is -2.50. The topological polar surface area (TPSA) is 51.2 Å². The lowest BCUT2D eigenvalue weighted by Crippen LogP contribution is -2.24. The average Bonchev–Trinajstić information content (AvgIpc) is 2.51. The van der Waals surface area contributed by atoms with E-state index in [4.69, 9.17) is 4.74 Å². The number of nitrogens with zero attached hydrogens (tertiary/aromatic N) is 1. The molecule has 2 rings (SSSR count). The summed E-state index contributed by atoms with van der Waals surface area (Å²) in [5, 5.41) is 2.73. The molecule has 0 aliphatic rings. The van der Waals surface area contributed by atoms with Gasteiger partial charge in [0, 0.05) is 18.8 Å². The van der Waals surface area contributed by atoms with Crippen LogP contribution >= 0.6 is 0 Å². The number of hydrogen-bond acceptors (Lipinski definition) is 3. The molecule has 0 aliphatic carbocycles. The highest BCUT2D eigenvalue weighted by Gasteiger charge is 2.05. The molecule has 1 aromatic carbocycles. The van der Waals surface area contributed by atoms with Gasteiger partial charge in [0.05, 0.1) is 6.42 Å². The van der Waals surface area contributed by atoms with Crippen LogP contribution in [0.2, 0.25) is 0 Å². The second-order valence-electron chi connectivity index (χ2n) is 4.62. The van der Waals surface area contributed by atoms with Crippen LogP contribution in [0.5, 0.6) is 5.88 Å². The van der Waals surface area contributed by atoms with Crippen molar-refractivity contribution >= 4 is 5.91 Å². The summed E-state index contributed by atoms with van der Waals surface area (Å²) in [6, 6.07) is 9.28. The van der Waals surface area contributed by atoms with Gasteiger partial charge >= 0.3 is 0 Å². The van der Waals surface area contributed by atoms with Crippen molar-refractivity contribution < 1.29 is 18.3 Å². The Morgan fingerprint density at radius 3 is 2.86 bits per heavy atom. The number of amides is 1. The van der Waals surface area contributed by atoms with E-state index in [0.29, 0.717) is 18.0 Å². The summed E-state index contributed by atoms with van der Waals surface area (Å²) in [6.07, 6.45) is 1.63. The minimum atomic E-state index is -0.587. The lowest BCUT2D eigenvalue weighted by Gasteiger charge is -2.07. The van der Waals surface area contributed by atoms with Crippen LogP contribution in [0.1, 0.15) is 11.1 Å². The minimum absolute atomic E-state index is 0.0532. The Labute approximate surface area is 127 Å².